The Kier molecular flexibility index (Phi) is 5.45. The Labute approximate surface area is 136 Å². The van der Waals surface area contributed by atoms with Gasteiger partial charge in [-0.2, -0.15) is 0 Å². The Hall–Kier alpha value is -2.00. The number of ether oxygens (including phenoxy) is 1. The van der Waals surface area contributed by atoms with Gasteiger partial charge in [-0.05, 0) is 54.8 Å². The first-order chi connectivity index (χ1) is 10.5. The van der Waals surface area contributed by atoms with Crippen LogP contribution in [0.25, 0.3) is 0 Å². The van der Waals surface area contributed by atoms with Crippen molar-refractivity contribution in [3.63, 3.8) is 0 Å². The normalized spacial score (nSPS) is 10.4. The van der Waals surface area contributed by atoms with Crippen LogP contribution >= 0.6 is 11.6 Å². The summed E-state index contributed by atoms with van der Waals surface area (Å²) in [7, 11) is 1.63. The van der Waals surface area contributed by atoms with Crippen LogP contribution in [-0.4, -0.2) is 18.9 Å². The lowest BCUT2D eigenvalue weighted by Crippen LogP contribution is -2.31. The van der Waals surface area contributed by atoms with Crippen LogP contribution in [0.4, 0.5) is 5.69 Å². The molecule has 0 bridgehead atoms. The molecule has 4 heteroatoms. The van der Waals surface area contributed by atoms with Gasteiger partial charge in [-0.25, -0.2) is 0 Å². The minimum Gasteiger partial charge on any atom is -0.497 e. The predicted molar refractivity (Wildman–Crippen MR) is 90.8 cm³/mol. The van der Waals surface area contributed by atoms with Gasteiger partial charge in [0.15, 0.2) is 0 Å². The lowest BCUT2D eigenvalue weighted by Gasteiger charge is -2.23. The summed E-state index contributed by atoms with van der Waals surface area (Å²) in [6.07, 6.45) is 0. The molecule has 0 N–H and O–H groups in total. The number of rotatable bonds is 5. The number of hydrogen-bond acceptors (Lipinski definition) is 2. The number of benzene rings is 2. The number of nitrogens with zero attached hydrogens (tertiary/aromatic N) is 1. The van der Waals surface area contributed by atoms with Crippen LogP contribution in [0.1, 0.15) is 16.7 Å². The molecule has 2 aromatic carbocycles. The predicted octanol–water partition coefficient (Wildman–Crippen LogP) is 4.08. The largest absolute Gasteiger partial charge is 0.497 e. The molecule has 3 nitrogen and oxygen atoms in total. The molecule has 0 aliphatic carbocycles. The summed E-state index contributed by atoms with van der Waals surface area (Å²) < 4.78 is 5.16. The summed E-state index contributed by atoms with van der Waals surface area (Å²) in [5, 5.41) is 0. The van der Waals surface area contributed by atoms with Crippen molar-refractivity contribution in [2.24, 2.45) is 0 Å². The fourth-order valence-corrected chi connectivity index (χ4v) is 2.56. The summed E-state index contributed by atoms with van der Waals surface area (Å²) in [5.41, 5.74) is 4.15. The molecule has 22 heavy (non-hydrogen) atoms. The monoisotopic (exact) mass is 317 g/mol. The van der Waals surface area contributed by atoms with E-state index in [0.29, 0.717) is 6.54 Å². The van der Waals surface area contributed by atoms with Crippen LogP contribution < -0.4 is 9.64 Å². The second-order valence-corrected chi connectivity index (χ2v) is 5.57. The maximum Gasteiger partial charge on any atom is 0.242 e. The second kappa shape index (κ2) is 7.32. The average molecular weight is 318 g/mol. The van der Waals surface area contributed by atoms with Gasteiger partial charge in [0, 0.05) is 5.69 Å². The maximum atomic E-state index is 12.2. The third-order valence-corrected chi connectivity index (χ3v) is 3.66. The molecular weight excluding hydrogens is 298 g/mol. The van der Waals surface area contributed by atoms with Crippen molar-refractivity contribution >= 4 is 23.2 Å². The van der Waals surface area contributed by atoms with Crippen molar-refractivity contribution < 1.29 is 9.53 Å². The number of methoxy groups -OCH3 is 1. The van der Waals surface area contributed by atoms with Gasteiger partial charge >= 0.3 is 0 Å². The number of anilines is 1. The fraction of sp³-hybridized carbons (Fsp3) is 0.278. The van der Waals surface area contributed by atoms with Gasteiger partial charge in [-0.15, -0.1) is 11.6 Å². The van der Waals surface area contributed by atoms with Gasteiger partial charge in [-0.1, -0.05) is 18.2 Å². The topological polar surface area (TPSA) is 29.5 Å². The first-order valence-corrected chi connectivity index (χ1v) is 7.64. The van der Waals surface area contributed by atoms with Crippen molar-refractivity contribution in [2.75, 3.05) is 17.9 Å². The summed E-state index contributed by atoms with van der Waals surface area (Å²) in [5.74, 6) is 0.649. The molecule has 2 rings (SSSR count). The molecule has 0 atom stereocenters. The highest BCUT2D eigenvalue weighted by Crippen LogP contribution is 2.22. The van der Waals surface area contributed by atoms with Crippen molar-refractivity contribution in [3.05, 3.63) is 59.2 Å². The molecule has 0 unspecified atom stereocenters. The standard InChI is InChI=1S/C18H20ClNO2/c1-13-8-14(2)10-16(9-13)20(18(21)11-19)12-15-4-6-17(22-3)7-5-15/h4-10H,11-12H2,1-3H3. The van der Waals surface area contributed by atoms with Crippen molar-refractivity contribution in [3.8, 4) is 5.75 Å². The molecule has 1 amide bonds. The highest BCUT2D eigenvalue weighted by molar-refractivity contribution is 6.29. The van der Waals surface area contributed by atoms with E-state index in [1.165, 1.54) is 0 Å². The van der Waals surface area contributed by atoms with Crippen LogP contribution in [0.15, 0.2) is 42.5 Å². The van der Waals surface area contributed by atoms with E-state index in [1.807, 2.05) is 50.2 Å². The average Bonchev–Trinajstić information content (AvgIpc) is 2.51. The van der Waals surface area contributed by atoms with Crippen molar-refractivity contribution in [1.82, 2.24) is 0 Å². The summed E-state index contributed by atoms with van der Waals surface area (Å²) in [6, 6.07) is 13.8. The van der Waals surface area contributed by atoms with E-state index in [4.69, 9.17) is 16.3 Å². The molecule has 0 aliphatic heterocycles. The molecule has 0 aliphatic rings. The Balaban J connectivity index is 2.31. The van der Waals surface area contributed by atoms with E-state index < -0.39 is 0 Å². The molecule has 0 aromatic heterocycles. The quantitative estimate of drug-likeness (QED) is 0.778. The van der Waals surface area contributed by atoms with E-state index in [1.54, 1.807) is 12.0 Å². The van der Waals surface area contributed by atoms with E-state index in [2.05, 4.69) is 6.07 Å². The highest BCUT2D eigenvalue weighted by Gasteiger charge is 2.16. The maximum absolute atomic E-state index is 12.2. The molecule has 116 valence electrons. The first-order valence-electron chi connectivity index (χ1n) is 7.11. The van der Waals surface area contributed by atoms with Gasteiger partial charge in [0.2, 0.25) is 5.91 Å². The third kappa shape index (κ3) is 4.01. The van der Waals surface area contributed by atoms with E-state index in [9.17, 15) is 4.79 Å². The minimum absolute atomic E-state index is 0.0385. The zero-order valence-electron chi connectivity index (χ0n) is 13.1. The van der Waals surface area contributed by atoms with Crippen molar-refractivity contribution in [2.45, 2.75) is 20.4 Å². The summed E-state index contributed by atoms with van der Waals surface area (Å²) in [6.45, 7) is 4.53. The molecule has 0 fully saturated rings. The number of halogens is 1. The van der Waals surface area contributed by atoms with Gasteiger partial charge in [0.05, 0.1) is 13.7 Å². The van der Waals surface area contributed by atoms with E-state index in [-0.39, 0.29) is 11.8 Å². The van der Waals surface area contributed by atoms with Crippen molar-refractivity contribution in [1.29, 1.82) is 0 Å². The van der Waals surface area contributed by atoms with Gasteiger partial charge in [0.25, 0.3) is 0 Å². The van der Waals surface area contributed by atoms with E-state index >= 15 is 0 Å². The zero-order chi connectivity index (χ0) is 16.1. The second-order valence-electron chi connectivity index (χ2n) is 5.31. The molecule has 2 aromatic rings. The lowest BCUT2D eigenvalue weighted by molar-refractivity contribution is -0.116. The number of alkyl halides is 1. The zero-order valence-corrected chi connectivity index (χ0v) is 13.9. The number of carbonyl (C=O) groups excluding carboxylic acids is 1. The SMILES string of the molecule is COc1ccc(CN(C(=O)CCl)c2cc(C)cc(C)c2)cc1. The third-order valence-electron chi connectivity index (χ3n) is 3.43. The fourth-order valence-electron chi connectivity index (χ4n) is 2.42. The smallest absolute Gasteiger partial charge is 0.242 e. The number of carbonyl (C=O) groups is 1. The van der Waals surface area contributed by atoms with Crippen LogP contribution in [0, 0.1) is 13.8 Å². The Morgan fingerprint density at radius 1 is 1.09 bits per heavy atom. The van der Waals surface area contributed by atoms with Crippen LogP contribution in [0.3, 0.4) is 0 Å². The first kappa shape index (κ1) is 16.4. The highest BCUT2D eigenvalue weighted by atomic mass is 35.5. The summed E-state index contributed by atoms with van der Waals surface area (Å²) in [4.78, 5) is 13.9. The van der Waals surface area contributed by atoms with Crippen LogP contribution in [0.5, 0.6) is 5.75 Å². The van der Waals surface area contributed by atoms with Gasteiger partial charge < -0.3 is 9.64 Å². The molecule has 0 spiro atoms. The lowest BCUT2D eigenvalue weighted by atomic mass is 10.1. The number of amides is 1. The minimum atomic E-state index is -0.109. The molecule has 0 heterocycles. The summed E-state index contributed by atoms with van der Waals surface area (Å²) >= 11 is 5.78. The number of aryl methyl sites for hydroxylation is 2. The van der Waals surface area contributed by atoms with Crippen LogP contribution in [-0.2, 0) is 11.3 Å². The Morgan fingerprint density at radius 2 is 1.68 bits per heavy atom. The Bertz CT molecular complexity index is 632. The van der Waals surface area contributed by atoms with Gasteiger partial charge in [0.1, 0.15) is 11.6 Å². The molecule has 0 saturated carbocycles. The molecule has 0 saturated heterocycles. The molecule has 0 radical (unpaired) electrons. The Morgan fingerprint density at radius 3 is 2.18 bits per heavy atom. The van der Waals surface area contributed by atoms with Gasteiger partial charge in [-0.3, -0.25) is 4.79 Å². The molecular formula is C18H20ClNO2. The van der Waals surface area contributed by atoms with E-state index in [0.717, 1.165) is 28.1 Å². The number of hydrogen-bond donors (Lipinski definition) is 0. The van der Waals surface area contributed by atoms with Crippen LogP contribution in [0.2, 0.25) is 0 Å².